The first-order chi connectivity index (χ1) is 36.5. The first-order valence-electron chi connectivity index (χ1n) is 25.2. The maximum Gasteiger partial charge on any atom is 0.410 e. The van der Waals surface area contributed by atoms with Crippen molar-refractivity contribution in [2.45, 2.75) is 82.5 Å². The smallest absolute Gasteiger partial charge is 0.410 e. The van der Waals surface area contributed by atoms with Gasteiger partial charge in [0.2, 0.25) is 5.79 Å². The third kappa shape index (κ3) is 13.1. The molecule has 2 aliphatic carbocycles. The fourth-order valence-electron chi connectivity index (χ4n) is 10.5. The van der Waals surface area contributed by atoms with Gasteiger partial charge < -0.3 is 38.7 Å². The minimum absolute atomic E-state index is 0.00205. The van der Waals surface area contributed by atoms with Crippen LogP contribution in [0.2, 0.25) is 0 Å². The molecule has 0 unspecified atom stereocenters. The highest BCUT2D eigenvalue weighted by Crippen LogP contribution is 2.62. The number of nitro benzene ring substituents is 2. The molecular formula is C57H61FN4O13. The van der Waals surface area contributed by atoms with Crippen LogP contribution in [-0.2, 0) is 38.8 Å². The molecule has 1 amide bonds. The van der Waals surface area contributed by atoms with Gasteiger partial charge in [0, 0.05) is 55.9 Å². The van der Waals surface area contributed by atoms with E-state index in [1.165, 1.54) is 41.3 Å². The highest BCUT2D eigenvalue weighted by molar-refractivity contribution is 6.03. The molecule has 0 saturated heterocycles. The molecule has 1 aliphatic heterocycles. The molecule has 6 atom stereocenters. The number of aliphatic hydroxyl groups is 2. The van der Waals surface area contributed by atoms with Gasteiger partial charge in [-0.3, -0.25) is 25.1 Å². The SMILES string of the molecule is C=CCO[C@@]12Oc3ccc(Oc4cccc([N+](=O)[O-])c4)cc3[C@H]3[C@H](CCCCO)[C@@H](CCCCO)C=C(C(=NOCc4ccc([N+](=O)[O-])cc4)C[C@@H]1N(Cc1ccc(F)cc1)C(=O)OCCOCc1ccccc1)[C@H]32. The summed E-state index contributed by atoms with van der Waals surface area (Å²) in [5, 5.41) is 48.2. The summed E-state index contributed by atoms with van der Waals surface area (Å²) in [4.78, 5) is 45.0. The number of allylic oxidation sites excluding steroid dienone is 1. The van der Waals surface area contributed by atoms with Gasteiger partial charge >= 0.3 is 6.09 Å². The highest BCUT2D eigenvalue weighted by atomic mass is 19.1. The summed E-state index contributed by atoms with van der Waals surface area (Å²) in [7, 11) is 0. The molecule has 0 aromatic heterocycles. The van der Waals surface area contributed by atoms with Crippen molar-refractivity contribution in [3.05, 3.63) is 194 Å². The minimum Gasteiger partial charge on any atom is -0.459 e. The zero-order chi connectivity index (χ0) is 52.7. The van der Waals surface area contributed by atoms with Crippen LogP contribution in [0.25, 0.3) is 0 Å². The third-order valence-electron chi connectivity index (χ3n) is 13.9. The van der Waals surface area contributed by atoms with Crippen LogP contribution in [0.1, 0.15) is 73.1 Å². The number of fused-ring (bicyclic) bond motifs is 2. The number of hydrogen-bond acceptors (Lipinski definition) is 14. The predicted molar refractivity (Wildman–Crippen MR) is 275 cm³/mol. The Morgan fingerprint density at radius 1 is 0.813 bits per heavy atom. The molecule has 394 valence electrons. The molecule has 0 radical (unpaired) electrons. The molecule has 2 N–H and O–H groups in total. The van der Waals surface area contributed by atoms with Crippen LogP contribution in [0.4, 0.5) is 20.6 Å². The van der Waals surface area contributed by atoms with Crippen LogP contribution >= 0.6 is 0 Å². The largest absolute Gasteiger partial charge is 0.459 e. The lowest BCUT2D eigenvalue weighted by molar-refractivity contribution is -0.385. The fraction of sp³-hybridized carbons (Fsp3) is 0.368. The highest BCUT2D eigenvalue weighted by Gasteiger charge is 2.65. The Morgan fingerprint density at radius 2 is 1.52 bits per heavy atom. The van der Waals surface area contributed by atoms with Crippen molar-refractivity contribution >= 4 is 23.2 Å². The lowest BCUT2D eigenvalue weighted by Crippen LogP contribution is -2.70. The summed E-state index contributed by atoms with van der Waals surface area (Å²) in [6.07, 6.45) is 6.79. The molecule has 8 rings (SSSR count). The van der Waals surface area contributed by atoms with E-state index < -0.39 is 45.4 Å². The number of halogens is 1. The number of benzene rings is 5. The molecule has 75 heavy (non-hydrogen) atoms. The number of carbonyl (C=O) groups is 1. The maximum absolute atomic E-state index is 15.0. The summed E-state index contributed by atoms with van der Waals surface area (Å²) < 4.78 is 47.3. The number of nitro groups is 2. The monoisotopic (exact) mass is 1030 g/mol. The summed E-state index contributed by atoms with van der Waals surface area (Å²) in [5.41, 5.74) is 3.85. The first kappa shape index (κ1) is 53.8. The average Bonchev–Trinajstić information content (AvgIpc) is 3.50. The van der Waals surface area contributed by atoms with Gasteiger partial charge in [0.15, 0.2) is 0 Å². The van der Waals surface area contributed by atoms with E-state index >= 15 is 4.79 Å². The van der Waals surface area contributed by atoms with Gasteiger partial charge in [-0.1, -0.05) is 78.7 Å². The van der Waals surface area contributed by atoms with Crippen LogP contribution < -0.4 is 9.47 Å². The van der Waals surface area contributed by atoms with Crippen LogP contribution in [0.3, 0.4) is 0 Å². The van der Waals surface area contributed by atoms with E-state index in [1.807, 2.05) is 36.4 Å². The molecule has 5 aromatic carbocycles. The number of carbonyl (C=O) groups excluding carboxylic acids is 1. The molecule has 3 aliphatic rings. The van der Waals surface area contributed by atoms with Crippen molar-refractivity contribution in [2.75, 3.05) is 33.0 Å². The van der Waals surface area contributed by atoms with E-state index in [0.717, 1.165) is 16.7 Å². The number of hydrogen-bond donors (Lipinski definition) is 2. The Balaban J connectivity index is 1.29. The number of aliphatic hydroxyl groups excluding tert-OH is 2. The summed E-state index contributed by atoms with van der Waals surface area (Å²) in [6, 6.07) is 31.5. The van der Waals surface area contributed by atoms with E-state index in [0.29, 0.717) is 73.5 Å². The second kappa shape index (κ2) is 25.6. The van der Waals surface area contributed by atoms with Crippen molar-refractivity contribution < 1.29 is 57.8 Å². The number of oxime groups is 1. The maximum atomic E-state index is 15.0. The number of nitrogens with zero attached hydrogens (tertiary/aromatic N) is 4. The van der Waals surface area contributed by atoms with Gasteiger partial charge in [-0.25, -0.2) is 9.18 Å². The number of unbranched alkanes of at least 4 members (excludes halogenated alkanes) is 2. The van der Waals surface area contributed by atoms with Crippen molar-refractivity contribution in [2.24, 2.45) is 22.9 Å². The Hall–Kier alpha value is -7.51. The lowest BCUT2D eigenvalue weighted by atomic mass is 9.55. The molecule has 0 spiro atoms. The van der Waals surface area contributed by atoms with Crippen molar-refractivity contribution in [1.82, 2.24) is 4.90 Å². The first-order valence-corrected chi connectivity index (χ1v) is 25.2. The third-order valence-corrected chi connectivity index (χ3v) is 13.9. The minimum atomic E-state index is -1.70. The Labute approximate surface area is 434 Å². The van der Waals surface area contributed by atoms with E-state index in [9.17, 15) is 34.8 Å². The van der Waals surface area contributed by atoms with Gasteiger partial charge in [-0.2, -0.15) is 0 Å². The van der Waals surface area contributed by atoms with Crippen molar-refractivity contribution in [1.29, 1.82) is 0 Å². The van der Waals surface area contributed by atoms with Crippen molar-refractivity contribution in [3.8, 4) is 17.2 Å². The average molecular weight is 1030 g/mol. The van der Waals surface area contributed by atoms with Crippen LogP contribution in [0.15, 0.2) is 151 Å². The zero-order valence-electron chi connectivity index (χ0n) is 41.5. The normalized spacial score (nSPS) is 20.9. The quantitative estimate of drug-likeness (QED) is 0.0228. The van der Waals surface area contributed by atoms with Gasteiger partial charge in [-0.15, -0.1) is 6.58 Å². The van der Waals surface area contributed by atoms with Gasteiger partial charge in [0.25, 0.3) is 11.4 Å². The molecule has 18 heteroatoms. The number of amides is 1. The topological polar surface area (TPSA) is 215 Å². The van der Waals surface area contributed by atoms with Gasteiger partial charge in [-0.05, 0) is 108 Å². The summed E-state index contributed by atoms with van der Waals surface area (Å²) in [5.74, 6) is -2.61. The Bertz CT molecular complexity index is 2810. The second-order valence-electron chi connectivity index (χ2n) is 18.7. The number of rotatable bonds is 26. The van der Waals surface area contributed by atoms with E-state index in [4.69, 9.17) is 33.7 Å². The van der Waals surface area contributed by atoms with Crippen molar-refractivity contribution in [3.63, 3.8) is 0 Å². The molecule has 1 saturated carbocycles. The second-order valence-corrected chi connectivity index (χ2v) is 18.7. The van der Waals surface area contributed by atoms with E-state index in [1.54, 1.807) is 54.6 Å². The lowest BCUT2D eigenvalue weighted by Gasteiger charge is -2.59. The van der Waals surface area contributed by atoms with Crippen LogP contribution in [-0.4, -0.2) is 81.6 Å². The zero-order valence-corrected chi connectivity index (χ0v) is 41.5. The number of non-ortho nitro benzene ring substituents is 2. The van der Waals surface area contributed by atoms with Crippen LogP contribution in [0.5, 0.6) is 17.2 Å². The standard InChI is InChI=1S/C57H61FN4O13/c1-2-29-72-57-53(60(36-39-17-21-43(58)22-18-39)56(65)71-31-30-70-37-40-11-4-3-5-12-40)35-51(59-73-38-41-19-23-44(24-20-41)61(66)67)49-32-42(13-6-8-27-63)48(16-7-9-28-64)54(55(49)57)50-34-47(25-26-52(50)75-57)74-46-15-10-14-45(33-46)62(68)69/h2-5,10-12,14-15,17-26,32-34,42,48,53-55,63-64H,1,6-9,13,16,27-31,35-38H2/t42-,48+,53-,54+,55+,57+/m0/s1. The molecule has 1 heterocycles. The Kier molecular flexibility index (Phi) is 18.4. The Morgan fingerprint density at radius 3 is 2.24 bits per heavy atom. The fourth-order valence-corrected chi connectivity index (χ4v) is 10.5. The van der Waals surface area contributed by atoms with Gasteiger partial charge in [0.05, 0.1) is 47.4 Å². The van der Waals surface area contributed by atoms with E-state index in [-0.39, 0.29) is 81.6 Å². The molecular weight excluding hydrogens is 968 g/mol. The summed E-state index contributed by atoms with van der Waals surface area (Å²) in [6.45, 7) is 4.07. The van der Waals surface area contributed by atoms with Gasteiger partial charge in [0.1, 0.15) is 42.3 Å². The molecule has 0 bridgehead atoms. The molecule has 17 nitrogen and oxygen atoms in total. The van der Waals surface area contributed by atoms with Crippen LogP contribution in [0, 0.1) is 43.8 Å². The predicted octanol–water partition coefficient (Wildman–Crippen LogP) is 11.1. The molecule has 5 aromatic rings. The summed E-state index contributed by atoms with van der Waals surface area (Å²) >= 11 is 0. The van der Waals surface area contributed by atoms with E-state index in [2.05, 4.69) is 12.7 Å². The molecule has 1 fully saturated rings. The number of ether oxygens (including phenoxy) is 5.